The number of anilines is 1. The van der Waals surface area contributed by atoms with Gasteiger partial charge in [0.15, 0.2) is 5.82 Å². The van der Waals surface area contributed by atoms with Gasteiger partial charge in [0.1, 0.15) is 23.1 Å². The van der Waals surface area contributed by atoms with E-state index < -0.39 is 40.7 Å². The Morgan fingerprint density at radius 3 is 2.45 bits per heavy atom. The van der Waals surface area contributed by atoms with Gasteiger partial charge in [-0.05, 0) is 39.3 Å². The number of carbonyl (C=O) groups is 2. The van der Waals surface area contributed by atoms with Crippen LogP contribution in [0.15, 0.2) is 12.1 Å². The van der Waals surface area contributed by atoms with Crippen molar-refractivity contribution in [1.29, 1.82) is 0 Å². The van der Waals surface area contributed by atoms with Crippen molar-refractivity contribution < 1.29 is 18.4 Å². The van der Waals surface area contributed by atoms with Gasteiger partial charge in [0.25, 0.3) is 5.91 Å². The Morgan fingerprint density at radius 2 is 1.85 bits per heavy atom. The lowest BCUT2D eigenvalue weighted by Crippen LogP contribution is -2.68. The second-order valence-corrected chi connectivity index (χ2v) is 5.49. The number of rotatable bonds is 1. The summed E-state index contributed by atoms with van der Waals surface area (Å²) >= 11 is 0. The summed E-state index contributed by atoms with van der Waals surface area (Å²) in [7, 11) is 0. The van der Waals surface area contributed by atoms with E-state index >= 15 is 0 Å². The van der Waals surface area contributed by atoms with Crippen LogP contribution in [-0.4, -0.2) is 23.4 Å². The highest BCUT2D eigenvalue weighted by molar-refractivity contribution is 6.10. The molecule has 0 saturated carbocycles. The molecule has 1 heterocycles. The minimum atomic E-state index is -1.20. The first-order chi connectivity index (χ1) is 9.16. The molecule has 1 aromatic rings. The smallest absolute Gasteiger partial charge is 0.253 e. The fraction of sp³-hybridized carbons (Fsp3) is 0.429. The van der Waals surface area contributed by atoms with Gasteiger partial charge in [0, 0.05) is 0 Å². The summed E-state index contributed by atoms with van der Waals surface area (Å²) in [5.41, 5.74) is -1.46. The molecular weight excluding hydrogens is 266 g/mol. The fourth-order valence-electron chi connectivity index (χ4n) is 2.22. The standard InChI is InChI=1S/C14H16F2N2O2/c1-7-5-6-9(15)11(10(7)16)18-8(2)12(19)17-14(3,4)13(18)20/h5-6,8H,1-4H3,(H,17,19). The van der Waals surface area contributed by atoms with Crippen LogP contribution in [0.2, 0.25) is 0 Å². The summed E-state index contributed by atoms with van der Waals surface area (Å²) in [5.74, 6) is -2.68. The van der Waals surface area contributed by atoms with Crippen molar-refractivity contribution in [3.8, 4) is 0 Å². The second kappa shape index (κ2) is 4.54. The molecule has 2 rings (SSSR count). The highest BCUT2D eigenvalue weighted by Crippen LogP contribution is 2.31. The Hall–Kier alpha value is -1.98. The molecule has 0 aliphatic carbocycles. The fourth-order valence-corrected chi connectivity index (χ4v) is 2.22. The van der Waals surface area contributed by atoms with Crippen molar-refractivity contribution in [2.24, 2.45) is 0 Å². The molecular formula is C14H16F2N2O2. The molecule has 1 atom stereocenters. The molecule has 108 valence electrons. The molecule has 1 aliphatic heterocycles. The summed E-state index contributed by atoms with van der Waals surface area (Å²) in [4.78, 5) is 25.2. The number of carbonyl (C=O) groups excluding carboxylic acids is 2. The van der Waals surface area contributed by atoms with Crippen LogP contribution in [0.4, 0.5) is 14.5 Å². The average molecular weight is 282 g/mol. The summed E-state index contributed by atoms with van der Waals surface area (Å²) in [6.45, 7) is 5.90. The first kappa shape index (κ1) is 14.4. The minimum absolute atomic E-state index is 0.213. The highest BCUT2D eigenvalue weighted by atomic mass is 19.1. The normalized spacial score (nSPS) is 21.9. The quantitative estimate of drug-likeness (QED) is 0.855. The molecule has 0 radical (unpaired) electrons. The molecule has 0 aromatic heterocycles. The maximum atomic E-state index is 14.2. The van der Waals surface area contributed by atoms with Gasteiger partial charge in [-0.25, -0.2) is 8.78 Å². The van der Waals surface area contributed by atoms with Gasteiger partial charge in [-0.3, -0.25) is 14.5 Å². The maximum Gasteiger partial charge on any atom is 0.253 e. The molecule has 6 heteroatoms. The van der Waals surface area contributed by atoms with Crippen molar-refractivity contribution in [3.05, 3.63) is 29.3 Å². The Bertz CT molecular complexity index is 599. The van der Waals surface area contributed by atoms with Crippen LogP contribution in [-0.2, 0) is 9.59 Å². The van der Waals surface area contributed by atoms with Crippen LogP contribution < -0.4 is 10.2 Å². The summed E-state index contributed by atoms with van der Waals surface area (Å²) in [6, 6.07) is 1.41. The van der Waals surface area contributed by atoms with Crippen molar-refractivity contribution >= 4 is 17.5 Å². The van der Waals surface area contributed by atoms with Crippen LogP contribution in [0.25, 0.3) is 0 Å². The predicted molar refractivity (Wildman–Crippen MR) is 70.3 cm³/mol. The van der Waals surface area contributed by atoms with Crippen LogP contribution in [0.5, 0.6) is 0 Å². The number of nitrogens with one attached hydrogen (secondary N) is 1. The topological polar surface area (TPSA) is 49.4 Å². The lowest BCUT2D eigenvalue weighted by Gasteiger charge is -2.41. The number of hydrogen-bond acceptors (Lipinski definition) is 2. The molecule has 1 N–H and O–H groups in total. The Kier molecular flexibility index (Phi) is 3.28. The second-order valence-electron chi connectivity index (χ2n) is 5.49. The van der Waals surface area contributed by atoms with Crippen LogP contribution in [0.3, 0.4) is 0 Å². The number of hydrogen-bond donors (Lipinski definition) is 1. The van der Waals surface area contributed by atoms with E-state index in [1.165, 1.54) is 33.8 Å². The van der Waals surface area contributed by atoms with E-state index in [-0.39, 0.29) is 5.56 Å². The molecule has 1 fully saturated rings. The van der Waals surface area contributed by atoms with Gasteiger partial charge in [-0.1, -0.05) is 6.07 Å². The summed E-state index contributed by atoms with van der Waals surface area (Å²) in [5, 5.41) is 2.53. The van der Waals surface area contributed by atoms with Crippen LogP contribution in [0, 0.1) is 18.6 Å². The van der Waals surface area contributed by atoms with Crippen molar-refractivity contribution in [3.63, 3.8) is 0 Å². The number of benzene rings is 1. The van der Waals surface area contributed by atoms with Gasteiger partial charge in [-0.15, -0.1) is 0 Å². The van der Waals surface area contributed by atoms with E-state index in [0.29, 0.717) is 0 Å². The molecule has 1 aliphatic rings. The monoisotopic (exact) mass is 282 g/mol. The van der Waals surface area contributed by atoms with Gasteiger partial charge in [0.2, 0.25) is 5.91 Å². The summed E-state index contributed by atoms with van der Waals surface area (Å²) < 4.78 is 28.2. The summed E-state index contributed by atoms with van der Waals surface area (Å²) in [6.07, 6.45) is 0. The van der Waals surface area contributed by atoms with Gasteiger partial charge >= 0.3 is 0 Å². The molecule has 0 bridgehead atoms. The van der Waals surface area contributed by atoms with Gasteiger partial charge in [-0.2, -0.15) is 0 Å². The third kappa shape index (κ3) is 2.05. The molecule has 20 heavy (non-hydrogen) atoms. The van der Waals surface area contributed by atoms with E-state index in [9.17, 15) is 18.4 Å². The zero-order chi connectivity index (χ0) is 15.2. The zero-order valence-electron chi connectivity index (χ0n) is 11.8. The lowest BCUT2D eigenvalue weighted by molar-refractivity contribution is -0.136. The third-order valence-electron chi connectivity index (χ3n) is 3.46. The van der Waals surface area contributed by atoms with Crippen LogP contribution >= 0.6 is 0 Å². The van der Waals surface area contributed by atoms with Crippen molar-refractivity contribution in [1.82, 2.24) is 5.32 Å². The van der Waals surface area contributed by atoms with E-state index in [0.717, 1.165) is 11.0 Å². The Balaban J connectivity index is 2.63. The number of amides is 2. The largest absolute Gasteiger partial charge is 0.340 e. The molecule has 1 aromatic carbocycles. The highest BCUT2D eigenvalue weighted by Gasteiger charge is 2.45. The Labute approximate surface area is 115 Å². The SMILES string of the molecule is Cc1ccc(F)c(N2C(=O)C(C)(C)NC(=O)C2C)c1F. The van der Waals surface area contributed by atoms with Crippen molar-refractivity contribution in [2.45, 2.75) is 39.3 Å². The number of aryl methyl sites for hydroxylation is 1. The number of piperazine rings is 1. The molecule has 4 nitrogen and oxygen atoms in total. The minimum Gasteiger partial charge on any atom is -0.340 e. The number of nitrogens with zero attached hydrogens (tertiary/aromatic N) is 1. The van der Waals surface area contributed by atoms with Crippen molar-refractivity contribution in [2.75, 3.05) is 4.90 Å². The van der Waals surface area contributed by atoms with E-state index in [1.54, 1.807) is 0 Å². The number of halogens is 2. The first-order valence-electron chi connectivity index (χ1n) is 6.27. The van der Waals surface area contributed by atoms with E-state index in [4.69, 9.17) is 0 Å². The third-order valence-corrected chi connectivity index (χ3v) is 3.46. The van der Waals surface area contributed by atoms with Crippen LogP contribution in [0.1, 0.15) is 26.3 Å². The lowest BCUT2D eigenvalue weighted by atomic mass is 9.96. The van der Waals surface area contributed by atoms with E-state index in [2.05, 4.69) is 5.32 Å². The molecule has 1 saturated heterocycles. The van der Waals surface area contributed by atoms with Gasteiger partial charge in [0.05, 0.1) is 0 Å². The molecule has 1 unspecified atom stereocenters. The van der Waals surface area contributed by atoms with E-state index in [1.807, 2.05) is 0 Å². The average Bonchev–Trinajstić information content (AvgIpc) is 2.35. The predicted octanol–water partition coefficient (Wildman–Crippen LogP) is 1.90. The zero-order valence-corrected chi connectivity index (χ0v) is 11.8. The first-order valence-corrected chi connectivity index (χ1v) is 6.27. The maximum absolute atomic E-state index is 14.2. The molecule has 2 amide bonds. The Morgan fingerprint density at radius 1 is 1.25 bits per heavy atom. The molecule has 0 spiro atoms. The van der Waals surface area contributed by atoms with Gasteiger partial charge < -0.3 is 5.32 Å².